The summed E-state index contributed by atoms with van der Waals surface area (Å²) in [6.45, 7) is 4.31. The first-order valence-corrected chi connectivity index (χ1v) is 7.77. The molecule has 1 heterocycles. The molecule has 2 atom stereocenters. The van der Waals surface area contributed by atoms with Crippen LogP contribution in [0, 0.1) is 0 Å². The average molecular weight is 341 g/mol. The van der Waals surface area contributed by atoms with Crippen LogP contribution >= 0.6 is 27.3 Å². The molecule has 2 aromatic rings. The summed E-state index contributed by atoms with van der Waals surface area (Å²) in [5, 5.41) is 3.57. The van der Waals surface area contributed by atoms with Crippen LogP contribution in [0.2, 0.25) is 0 Å². The molecule has 1 aromatic carbocycles. The molecule has 0 aliphatic carbocycles. The summed E-state index contributed by atoms with van der Waals surface area (Å²) in [6, 6.07) is 6.72. The van der Waals surface area contributed by atoms with Gasteiger partial charge in [0.15, 0.2) is 0 Å². The number of thiazole rings is 1. The van der Waals surface area contributed by atoms with Crippen molar-refractivity contribution in [1.82, 2.24) is 10.3 Å². The Labute approximate surface area is 126 Å². The number of halogens is 1. The van der Waals surface area contributed by atoms with Crippen LogP contribution < -0.4 is 10.1 Å². The smallest absolute Gasteiger partial charge is 0.133 e. The van der Waals surface area contributed by atoms with Crippen LogP contribution in [-0.4, -0.2) is 12.1 Å². The predicted octanol–water partition coefficient (Wildman–Crippen LogP) is 4.33. The van der Waals surface area contributed by atoms with Crippen LogP contribution in [0.3, 0.4) is 0 Å². The van der Waals surface area contributed by atoms with Gasteiger partial charge in [0.1, 0.15) is 5.75 Å². The van der Waals surface area contributed by atoms with Gasteiger partial charge < -0.3 is 10.1 Å². The standard InChI is InChI=1S/C14H17BrN2OS/c1-9(17-10(2)14-7-16-8-19-14)11-4-5-13(18-3)12(15)6-11/h4-10,17H,1-3H3. The van der Waals surface area contributed by atoms with E-state index in [2.05, 4.69) is 52.2 Å². The van der Waals surface area contributed by atoms with Crippen LogP contribution in [0.25, 0.3) is 0 Å². The second-order valence-corrected chi connectivity index (χ2v) is 6.18. The highest BCUT2D eigenvalue weighted by Crippen LogP contribution is 2.29. The van der Waals surface area contributed by atoms with Gasteiger partial charge in [0.25, 0.3) is 0 Å². The van der Waals surface area contributed by atoms with Crippen LogP contribution in [0.5, 0.6) is 5.75 Å². The highest BCUT2D eigenvalue weighted by Gasteiger charge is 2.13. The summed E-state index contributed by atoms with van der Waals surface area (Å²) in [6.07, 6.45) is 1.92. The van der Waals surface area contributed by atoms with Gasteiger partial charge in [-0.2, -0.15) is 0 Å². The molecule has 5 heteroatoms. The molecule has 0 radical (unpaired) electrons. The van der Waals surface area contributed by atoms with E-state index in [9.17, 15) is 0 Å². The molecule has 0 aliphatic rings. The number of rotatable bonds is 5. The third kappa shape index (κ3) is 3.55. The van der Waals surface area contributed by atoms with E-state index in [1.54, 1.807) is 18.4 Å². The zero-order valence-corrected chi connectivity index (χ0v) is 13.6. The van der Waals surface area contributed by atoms with Crippen LogP contribution in [0.4, 0.5) is 0 Å². The number of ether oxygens (including phenoxy) is 1. The lowest BCUT2D eigenvalue weighted by atomic mass is 10.1. The van der Waals surface area contributed by atoms with Crippen molar-refractivity contribution >= 4 is 27.3 Å². The lowest BCUT2D eigenvalue weighted by molar-refractivity contribution is 0.411. The fourth-order valence-electron chi connectivity index (χ4n) is 1.94. The summed E-state index contributed by atoms with van der Waals surface area (Å²) >= 11 is 5.19. The van der Waals surface area contributed by atoms with Gasteiger partial charge in [0.05, 0.1) is 17.1 Å². The molecule has 0 fully saturated rings. The minimum absolute atomic E-state index is 0.263. The van der Waals surface area contributed by atoms with E-state index >= 15 is 0 Å². The molecule has 1 N–H and O–H groups in total. The minimum Gasteiger partial charge on any atom is -0.496 e. The fourth-order valence-corrected chi connectivity index (χ4v) is 3.14. The van der Waals surface area contributed by atoms with E-state index in [0.717, 1.165) is 10.2 Å². The van der Waals surface area contributed by atoms with E-state index in [1.807, 2.05) is 17.8 Å². The first kappa shape index (κ1) is 14.5. The van der Waals surface area contributed by atoms with Crippen molar-refractivity contribution in [2.45, 2.75) is 25.9 Å². The van der Waals surface area contributed by atoms with Crippen molar-refractivity contribution in [1.29, 1.82) is 0 Å². The molecule has 19 heavy (non-hydrogen) atoms. The zero-order valence-electron chi connectivity index (χ0n) is 11.2. The molecule has 0 bridgehead atoms. The van der Waals surface area contributed by atoms with Crippen molar-refractivity contribution in [2.75, 3.05) is 7.11 Å². The molecular formula is C14H17BrN2OS. The molecule has 3 nitrogen and oxygen atoms in total. The number of benzene rings is 1. The van der Waals surface area contributed by atoms with Crippen molar-refractivity contribution < 1.29 is 4.74 Å². The maximum Gasteiger partial charge on any atom is 0.133 e. The molecule has 2 rings (SSSR count). The maximum atomic E-state index is 5.25. The predicted molar refractivity (Wildman–Crippen MR) is 82.8 cm³/mol. The van der Waals surface area contributed by atoms with Gasteiger partial charge in [-0.3, -0.25) is 4.98 Å². The average Bonchev–Trinajstić information content (AvgIpc) is 2.92. The summed E-state index contributed by atoms with van der Waals surface area (Å²) in [5.41, 5.74) is 3.09. The van der Waals surface area contributed by atoms with Gasteiger partial charge in [-0.05, 0) is 47.5 Å². The summed E-state index contributed by atoms with van der Waals surface area (Å²) in [7, 11) is 1.67. The monoisotopic (exact) mass is 340 g/mol. The molecule has 0 saturated carbocycles. The van der Waals surface area contributed by atoms with Gasteiger partial charge in [-0.25, -0.2) is 0 Å². The summed E-state index contributed by atoms with van der Waals surface area (Å²) < 4.78 is 6.22. The van der Waals surface area contributed by atoms with E-state index in [-0.39, 0.29) is 6.04 Å². The largest absolute Gasteiger partial charge is 0.496 e. The van der Waals surface area contributed by atoms with E-state index in [4.69, 9.17) is 4.74 Å². The Morgan fingerprint density at radius 3 is 2.68 bits per heavy atom. The number of nitrogens with one attached hydrogen (secondary N) is 1. The Bertz CT molecular complexity index is 530. The quantitative estimate of drug-likeness (QED) is 0.879. The van der Waals surface area contributed by atoms with Gasteiger partial charge in [-0.15, -0.1) is 11.3 Å². The van der Waals surface area contributed by atoms with Crippen LogP contribution in [0.1, 0.15) is 36.4 Å². The van der Waals surface area contributed by atoms with E-state index in [1.165, 1.54) is 10.4 Å². The zero-order chi connectivity index (χ0) is 13.8. The Morgan fingerprint density at radius 1 is 1.32 bits per heavy atom. The lowest BCUT2D eigenvalue weighted by Gasteiger charge is -2.20. The normalized spacial score (nSPS) is 14.1. The number of hydrogen-bond donors (Lipinski definition) is 1. The third-order valence-corrected chi connectivity index (χ3v) is 4.63. The number of methoxy groups -OCH3 is 1. The Morgan fingerprint density at radius 2 is 2.11 bits per heavy atom. The SMILES string of the molecule is COc1ccc(C(C)NC(C)c2cncs2)cc1Br. The number of aromatic nitrogens is 1. The summed E-state index contributed by atoms with van der Waals surface area (Å²) in [4.78, 5) is 5.36. The first-order valence-electron chi connectivity index (χ1n) is 6.09. The molecule has 0 aliphatic heterocycles. The van der Waals surface area contributed by atoms with Crippen LogP contribution in [0.15, 0.2) is 34.4 Å². The molecule has 0 amide bonds. The Kier molecular flexibility index (Phi) is 4.96. The third-order valence-electron chi connectivity index (χ3n) is 3.05. The van der Waals surface area contributed by atoms with Crippen molar-refractivity contribution in [3.8, 4) is 5.75 Å². The Hall–Kier alpha value is -0.910. The second kappa shape index (κ2) is 6.50. The Balaban J connectivity index is 2.07. The van der Waals surface area contributed by atoms with Gasteiger partial charge in [0.2, 0.25) is 0 Å². The molecule has 102 valence electrons. The van der Waals surface area contributed by atoms with E-state index < -0.39 is 0 Å². The maximum absolute atomic E-state index is 5.25. The second-order valence-electron chi connectivity index (χ2n) is 4.41. The topological polar surface area (TPSA) is 34.1 Å². The van der Waals surface area contributed by atoms with Gasteiger partial charge in [0, 0.05) is 23.2 Å². The first-order chi connectivity index (χ1) is 9.11. The molecule has 1 aromatic heterocycles. The molecule has 0 saturated heterocycles. The van der Waals surface area contributed by atoms with Gasteiger partial charge >= 0.3 is 0 Å². The summed E-state index contributed by atoms with van der Waals surface area (Å²) in [5.74, 6) is 0.853. The lowest BCUT2D eigenvalue weighted by Crippen LogP contribution is -2.21. The van der Waals surface area contributed by atoms with Crippen LogP contribution in [-0.2, 0) is 0 Å². The van der Waals surface area contributed by atoms with Crippen molar-refractivity contribution in [3.05, 3.63) is 44.8 Å². The van der Waals surface area contributed by atoms with Gasteiger partial charge in [-0.1, -0.05) is 6.07 Å². The number of hydrogen-bond acceptors (Lipinski definition) is 4. The number of nitrogens with zero attached hydrogens (tertiary/aromatic N) is 1. The highest BCUT2D eigenvalue weighted by atomic mass is 79.9. The molecular weight excluding hydrogens is 324 g/mol. The molecule has 0 spiro atoms. The molecule has 2 unspecified atom stereocenters. The van der Waals surface area contributed by atoms with Crippen molar-refractivity contribution in [3.63, 3.8) is 0 Å². The highest BCUT2D eigenvalue weighted by molar-refractivity contribution is 9.10. The minimum atomic E-state index is 0.263. The van der Waals surface area contributed by atoms with Crippen molar-refractivity contribution in [2.24, 2.45) is 0 Å². The fraction of sp³-hybridized carbons (Fsp3) is 0.357. The van der Waals surface area contributed by atoms with E-state index in [0.29, 0.717) is 6.04 Å².